The molecule has 2 aromatic rings. The van der Waals surface area contributed by atoms with Gasteiger partial charge in [0.1, 0.15) is 0 Å². The molecule has 0 spiro atoms. The van der Waals surface area contributed by atoms with Crippen LogP contribution in [0.5, 0.6) is 5.75 Å². The predicted molar refractivity (Wildman–Crippen MR) is 61.9 cm³/mol. The molecule has 0 atom stereocenters. The first-order valence-corrected chi connectivity index (χ1v) is 6.48. The molecule has 0 aliphatic rings. The van der Waals surface area contributed by atoms with E-state index in [0.29, 0.717) is 14.7 Å². The summed E-state index contributed by atoms with van der Waals surface area (Å²) >= 11 is 5.69. The Balaban J connectivity index is 2.84. The van der Waals surface area contributed by atoms with Gasteiger partial charge in [0.15, 0.2) is 0 Å². The SMILES string of the molecule is CCn1[se]c2c(OC)cccc2c1=S. The molecule has 0 aliphatic carbocycles. The van der Waals surface area contributed by atoms with Crippen molar-refractivity contribution in [2.45, 2.75) is 13.5 Å². The maximum absolute atomic E-state index is 5.39. The van der Waals surface area contributed by atoms with E-state index in [-0.39, 0.29) is 0 Å². The normalized spacial score (nSPS) is 10.7. The van der Waals surface area contributed by atoms with Gasteiger partial charge in [-0.25, -0.2) is 0 Å². The van der Waals surface area contributed by atoms with Gasteiger partial charge >= 0.3 is 94.1 Å². The Hall–Kier alpha value is -0.571. The number of hydrogen-bond donors (Lipinski definition) is 0. The van der Waals surface area contributed by atoms with Crippen molar-refractivity contribution < 1.29 is 4.74 Å². The Morgan fingerprint density at radius 2 is 2.29 bits per heavy atom. The molecule has 2 rings (SSSR count). The summed E-state index contributed by atoms with van der Waals surface area (Å²) in [6.45, 7) is 3.11. The van der Waals surface area contributed by atoms with Gasteiger partial charge in [-0.1, -0.05) is 0 Å². The van der Waals surface area contributed by atoms with E-state index in [9.17, 15) is 0 Å². The Labute approximate surface area is 94.1 Å². The molecule has 1 aromatic heterocycles. The van der Waals surface area contributed by atoms with Crippen LogP contribution in [0, 0.1) is 4.64 Å². The molecule has 1 heterocycles. The molecule has 2 nitrogen and oxygen atoms in total. The van der Waals surface area contributed by atoms with Gasteiger partial charge in [0.05, 0.1) is 0 Å². The van der Waals surface area contributed by atoms with Crippen LogP contribution in [0.1, 0.15) is 6.92 Å². The molecule has 74 valence electrons. The van der Waals surface area contributed by atoms with Crippen LogP contribution >= 0.6 is 12.2 Å². The van der Waals surface area contributed by atoms with Crippen LogP contribution in [-0.2, 0) is 6.54 Å². The summed E-state index contributed by atoms with van der Waals surface area (Å²) in [7, 11) is 1.71. The molecule has 0 unspecified atom stereocenters. The van der Waals surface area contributed by atoms with Crippen molar-refractivity contribution in [3.05, 3.63) is 22.8 Å². The third-order valence-electron chi connectivity index (χ3n) is 2.14. The molecule has 0 N–H and O–H groups in total. The van der Waals surface area contributed by atoms with E-state index in [1.807, 2.05) is 12.1 Å². The number of rotatable bonds is 2. The number of nitrogens with zero attached hydrogens (tertiary/aromatic N) is 1. The maximum atomic E-state index is 5.39. The summed E-state index contributed by atoms with van der Waals surface area (Å²) in [5, 5.41) is 1.18. The molecule has 0 fully saturated rings. The van der Waals surface area contributed by atoms with Crippen molar-refractivity contribution in [3.63, 3.8) is 0 Å². The molecule has 14 heavy (non-hydrogen) atoms. The summed E-state index contributed by atoms with van der Waals surface area (Å²) in [5.41, 5.74) is 0. The van der Waals surface area contributed by atoms with Gasteiger partial charge in [-0.15, -0.1) is 0 Å². The summed E-state index contributed by atoms with van der Waals surface area (Å²) in [5.74, 6) is 0.973. The van der Waals surface area contributed by atoms with Gasteiger partial charge in [0.2, 0.25) is 0 Å². The first kappa shape index (κ1) is 9.96. The molecule has 0 bridgehead atoms. The van der Waals surface area contributed by atoms with E-state index in [0.717, 1.165) is 16.9 Å². The van der Waals surface area contributed by atoms with Crippen molar-refractivity contribution in [1.29, 1.82) is 0 Å². The molecule has 0 saturated carbocycles. The fourth-order valence-corrected chi connectivity index (χ4v) is 4.24. The molecule has 0 amide bonds. The summed E-state index contributed by atoms with van der Waals surface area (Å²) < 4.78 is 9.83. The van der Waals surface area contributed by atoms with Crippen molar-refractivity contribution in [2.75, 3.05) is 7.11 Å². The van der Waals surface area contributed by atoms with E-state index in [1.54, 1.807) is 7.11 Å². The number of benzene rings is 1. The number of hydrogen-bond acceptors (Lipinski definition) is 2. The topological polar surface area (TPSA) is 14.2 Å². The van der Waals surface area contributed by atoms with Crippen LogP contribution in [-0.4, -0.2) is 25.4 Å². The molecular formula is C10H11NOSSe. The van der Waals surface area contributed by atoms with Gasteiger partial charge in [0.25, 0.3) is 0 Å². The standard InChI is InChI=1S/C10H11NOSSe/c1-3-11-10(13)7-5-4-6-8(12-2)9(7)14-11/h4-6H,3H2,1-2H3. The van der Waals surface area contributed by atoms with Crippen molar-refractivity contribution >= 4 is 36.6 Å². The molecule has 0 aliphatic heterocycles. The molecule has 4 heteroatoms. The van der Waals surface area contributed by atoms with Gasteiger partial charge < -0.3 is 0 Å². The van der Waals surface area contributed by atoms with Crippen LogP contribution in [0.25, 0.3) is 9.65 Å². The minimum atomic E-state index is 0.299. The third-order valence-corrected chi connectivity index (χ3v) is 5.50. The van der Waals surface area contributed by atoms with E-state index >= 15 is 0 Å². The summed E-state index contributed by atoms with van der Waals surface area (Å²) in [4.78, 5) is 0. The Morgan fingerprint density at radius 3 is 2.93 bits per heavy atom. The van der Waals surface area contributed by atoms with Crippen LogP contribution in [0.2, 0.25) is 0 Å². The second-order valence-corrected chi connectivity index (χ2v) is 5.48. The Morgan fingerprint density at radius 1 is 1.50 bits per heavy atom. The third kappa shape index (κ3) is 1.44. The van der Waals surface area contributed by atoms with Gasteiger partial charge in [-0.3, -0.25) is 0 Å². The van der Waals surface area contributed by atoms with Crippen molar-refractivity contribution in [2.24, 2.45) is 0 Å². The summed E-state index contributed by atoms with van der Waals surface area (Å²) in [6.07, 6.45) is 0. The van der Waals surface area contributed by atoms with E-state index in [2.05, 4.69) is 16.6 Å². The average molecular weight is 272 g/mol. The van der Waals surface area contributed by atoms with Gasteiger partial charge in [0, 0.05) is 0 Å². The Bertz CT molecular complexity index is 514. The van der Waals surface area contributed by atoms with Crippen molar-refractivity contribution in [1.82, 2.24) is 3.56 Å². The minimum absolute atomic E-state index is 0.299. The second-order valence-electron chi connectivity index (χ2n) is 2.93. The molecule has 1 aromatic carbocycles. The van der Waals surface area contributed by atoms with Crippen LogP contribution in [0.3, 0.4) is 0 Å². The first-order valence-electron chi connectivity index (χ1n) is 4.44. The van der Waals surface area contributed by atoms with Crippen LogP contribution < -0.4 is 4.74 Å². The first-order chi connectivity index (χ1) is 6.77. The van der Waals surface area contributed by atoms with E-state index in [4.69, 9.17) is 17.0 Å². The number of aromatic nitrogens is 1. The Kier molecular flexibility index (Phi) is 2.77. The van der Waals surface area contributed by atoms with E-state index in [1.165, 1.54) is 9.65 Å². The van der Waals surface area contributed by atoms with Crippen LogP contribution in [0.15, 0.2) is 18.2 Å². The zero-order valence-electron chi connectivity index (χ0n) is 8.11. The zero-order chi connectivity index (χ0) is 10.1. The van der Waals surface area contributed by atoms with E-state index < -0.39 is 0 Å². The quantitative estimate of drug-likeness (QED) is 0.616. The predicted octanol–water partition coefficient (Wildman–Crippen LogP) is 2.46. The number of methoxy groups -OCH3 is 1. The monoisotopic (exact) mass is 273 g/mol. The number of ether oxygens (including phenoxy) is 1. The van der Waals surface area contributed by atoms with Crippen molar-refractivity contribution in [3.8, 4) is 5.75 Å². The van der Waals surface area contributed by atoms with Gasteiger partial charge in [-0.05, 0) is 0 Å². The zero-order valence-corrected chi connectivity index (χ0v) is 10.6. The second kappa shape index (κ2) is 3.89. The fourth-order valence-electron chi connectivity index (χ4n) is 1.43. The molecular weight excluding hydrogens is 261 g/mol. The number of fused-ring (bicyclic) bond motifs is 1. The average Bonchev–Trinajstić information content (AvgIpc) is 2.55. The van der Waals surface area contributed by atoms with Crippen LogP contribution in [0.4, 0.5) is 0 Å². The fraction of sp³-hybridized carbons (Fsp3) is 0.300. The van der Waals surface area contributed by atoms with Gasteiger partial charge in [-0.2, -0.15) is 0 Å². The molecule has 0 radical (unpaired) electrons. The summed E-state index contributed by atoms with van der Waals surface area (Å²) in [6, 6.07) is 6.08. The molecule has 0 saturated heterocycles. The number of aryl methyl sites for hydroxylation is 1.